The summed E-state index contributed by atoms with van der Waals surface area (Å²) in [6, 6.07) is -0.581. The third-order valence-corrected chi connectivity index (χ3v) is 2.80. The molecule has 22 heavy (non-hydrogen) atoms. The number of amides is 2. The van der Waals surface area contributed by atoms with Gasteiger partial charge in [0.05, 0.1) is 13.5 Å². The second-order valence-electron chi connectivity index (χ2n) is 5.64. The van der Waals surface area contributed by atoms with E-state index in [2.05, 4.69) is 23.2 Å². The summed E-state index contributed by atoms with van der Waals surface area (Å²) >= 11 is 0. The van der Waals surface area contributed by atoms with E-state index in [9.17, 15) is 14.4 Å². The monoisotopic (exact) mass is 316 g/mol. The number of methoxy groups -OCH3 is 1. The Kier molecular flexibility index (Phi) is 8.22. The largest absolute Gasteiger partial charge is 0.469 e. The second-order valence-corrected chi connectivity index (χ2v) is 5.64. The molecule has 7 nitrogen and oxygen atoms in total. The molecule has 0 saturated carbocycles. The number of nitrogens with one attached hydrogen (secondary N) is 1. The quantitative estimate of drug-likeness (QED) is 0.630. The van der Waals surface area contributed by atoms with E-state index < -0.39 is 17.7 Å². The van der Waals surface area contributed by atoms with Crippen LogP contribution in [-0.2, 0) is 19.1 Å². The normalized spacial score (nSPS) is 17.4. The molecule has 1 fully saturated rings. The highest BCUT2D eigenvalue weighted by Crippen LogP contribution is 2.13. The molecular formula is C15H28N2O5. The van der Waals surface area contributed by atoms with E-state index in [1.165, 1.54) is 7.11 Å². The molecule has 1 heterocycles. The molecule has 0 spiro atoms. The fourth-order valence-corrected chi connectivity index (χ4v) is 1.87. The fraction of sp³-hybridized carbons (Fsp3) is 0.667. The van der Waals surface area contributed by atoms with Crippen LogP contribution in [0.2, 0.25) is 0 Å². The maximum Gasteiger partial charge on any atom is 0.408 e. The van der Waals surface area contributed by atoms with Gasteiger partial charge in [-0.2, -0.15) is 0 Å². The van der Waals surface area contributed by atoms with Gasteiger partial charge in [-0.3, -0.25) is 9.59 Å². The lowest BCUT2D eigenvalue weighted by atomic mass is 10.2. The van der Waals surface area contributed by atoms with Crippen molar-refractivity contribution in [3.05, 3.63) is 13.2 Å². The van der Waals surface area contributed by atoms with Gasteiger partial charge in [-0.25, -0.2) is 4.79 Å². The summed E-state index contributed by atoms with van der Waals surface area (Å²) in [5.41, 5.74) is -0.601. The Labute approximate surface area is 133 Å². The fourth-order valence-electron chi connectivity index (χ4n) is 1.87. The Morgan fingerprint density at radius 3 is 2.50 bits per heavy atom. The first kappa shape index (κ1) is 19.9. The van der Waals surface area contributed by atoms with Gasteiger partial charge in [0.15, 0.2) is 0 Å². The molecule has 0 bridgehead atoms. The van der Waals surface area contributed by atoms with Gasteiger partial charge in [0.25, 0.3) is 0 Å². The van der Waals surface area contributed by atoms with E-state index in [1.54, 1.807) is 25.7 Å². The van der Waals surface area contributed by atoms with Crippen molar-refractivity contribution in [1.29, 1.82) is 0 Å². The van der Waals surface area contributed by atoms with Crippen LogP contribution in [0.25, 0.3) is 0 Å². The zero-order chi connectivity index (χ0) is 17.3. The van der Waals surface area contributed by atoms with E-state index in [0.717, 1.165) is 0 Å². The molecule has 1 aliphatic rings. The van der Waals surface area contributed by atoms with Crippen molar-refractivity contribution in [2.75, 3.05) is 20.2 Å². The molecule has 0 aromatic carbocycles. The zero-order valence-corrected chi connectivity index (χ0v) is 13.8. The number of nitrogens with zero attached hydrogens (tertiary/aromatic N) is 1. The van der Waals surface area contributed by atoms with Gasteiger partial charge in [0.1, 0.15) is 11.6 Å². The molecule has 1 rings (SSSR count). The summed E-state index contributed by atoms with van der Waals surface area (Å²) in [4.78, 5) is 36.2. The highest BCUT2D eigenvalue weighted by molar-refractivity contribution is 5.87. The summed E-state index contributed by atoms with van der Waals surface area (Å²) in [6.45, 7) is 12.1. The van der Waals surface area contributed by atoms with Crippen molar-refractivity contribution >= 4 is 18.0 Å². The van der Waals surface area contributed by atoms with E-state index in [0.29, 0.717) is 19.5 Å². The van der Waals surface area contributed by atoms with Crippen LogP contribution in [0.15, 0.2) is 13.2 Å². The van der Waals surface area contributed by atoms with Crippen molar-refractivity contribution in [3.8, 4) is 0 Å². The van der Waals surface area contributed by atoms with Crippen molar-refractivity contribution < 1.29 is 25.3 Å². The Morgan fingerprint density at radius 2 is 2.00 bits per heavy atom. The van der Waals surface area contributed by atoms with Gasteiger partial charge in [0.2, 0.25) is 5.91 Å². The van der Waals surface area contributed by atoms with Crippen LogP contribution in [-0.4, -0.2) is 54.7 Å². The number of esters is 1. The van der Waals surface area contributed by atoms with Crippen molar-refractivity contribution in [3.63, 3.8) is 0 Å². The van der Waals surface area contributed by atoms with E-state index in [4.69, 9.17) is 4.74 Å². The minimum atomic E-state index is -0.606. The summed E-state index contributed by atoms with van der Waals surface area (Å²) < 4.78 is 9.63. The number of rotatable bonds is 4. The lowest BCUT2D eigenvalue weighted by Crippen LogP contribution is -2.44. The Hall–Kier alpha value is -2.05. The molecule has 7 heteroatoms. The van der Waals surface area contributed by atoms with E-state index in [-0.39, 0.29) is 19.7 Å². The van der Waals surface area contributed by atoms with Crippen LogP contribution >= 0.6 is 0 Å². The molecule has 1 aliphatic heterocycles. The molecule has 0 aromatic rings. The standard InChI is InChI=1S/C13H22N2O5.C2H4.H2/c1-13(2,3)20-12(18)14-9-5-7-15(11(9)17)8-6-10(16)19-4;1-2;/h9H,5-8H2,1-4H3,(H,14,18);1-2H2;1H/t9-;;/m1../s1. The second kappa shape index (κ2) is 9.07. The summed E-state index contributed by atoms with van der Waals surface area (Å²) in [5, 5.41) is 2.55. The number of carbonyl (C=O) groups excluding carboxylic acids is 3. The first-order valence-electron chi connectivity index (χ1n) is 7.08. The lowest BCUT2D eigenvalue weighted by molar-refractivity contribution is -0.141. The molecule has 1 N–H and O–H groups in total. The van der Waals surface area contributed by atoms with Crippen LogP contribution in [0.5, 0.6) is 0 Å². The van der Waals surface area contributed by atoms with Gasteiger partial charge in [0, 0.05) is 14.5 Å². The summed E-state index contributed by atoms with van der Waals surface area (Å²) in [6.07, 6.45) is 0.0614. The van der Waals surface area contributed by atoms with Gasteiger partial charge in [-0.1, -0.05) is 0 Å². The number of alkyl carbamates (subject to hydrolysis) is 1. The molecule has 0 aromatic heterocycles. The zero-order valence-electron chi connectivity index (χ0n) is 13.8. The molecular weight excluding hydrogens is 288 g/mol. The predicted molar refractivity (Wildman–Crippen MR) is 84.4 cm³/mol. The van der Waals surface area contributed by atoms with Gasteiger partial charge in [-0.05, 0) is 27.2 Å². The molecule has 0 unspecified atom stereocenters. The number of carbonyl (C=O) groups is 3. The first-order valence-corrected chi connectivity index (χ1v) is 7.08. The SMILES string of the molecule is C=C.COC(=O)CCN1CC[C@@H](NC(=O)OC(C)(C)C)C1=O.[HH]. The number of hydrogen-bond donors (Lipinski definition) is 1. The molecule has 2 amide bonds. The highest BCUT2D eigenvalue weighted by Gasteiger charge is 2.33. The first-order chi connectivity index (χ1) is 10.2. The van der Waals surface area contributed by atoms with Gasteiger partial charge in [-0.15, -0.1) is 13.2 Å². The smallest absolute Gasteiger partial charge is 0.408 e. The van der Waals surface area contributed by atoms with Crippen molar-refractivity contribution in [1.82, 2.24) is 10.2 Å². The topological polar surface area (TPSA) is 84.9 Å². The Morgan fingerprint density at radius 1 is 1.41 bits per heavy atom. The Balaban J connectivity index is 0. The third-order valence-electron chi connectivity index (χ3n) is 2.80. The van der Waals surface area contributed by atoms with Crippen molar-refractivity contribution in [2.45, 2.75) is 45.3 Å². The predicted octanol–water partition coefficient (Wildman–Crippen LogP) is 1.72. The van der Waals surface area contributed by atoms with Crippen LogP contribution in [0.4, 0.5) is 4.79 Å². The van der Waals surface area contributed by atoms with Crippen LogP contribution in [0, 0.1) is 0 Å². The summed E-state index contributed by atoms with van der Waals surface area (Å²) in [7, 11) is 1.31. The molecule has 128 valence electrons. The van der Waals surface area contributed by atoms with Crippen LogP contribution < -0.4 is 5.32 Å². The molecule has 0 radical (unpaired) electrons. The third kappa shape index (κ3) is 7.10. The number of likely N-dealkylation sites (tertiary alicyclic amines) is 1. The van der Waals surface area contributed by atoms with E-state index in [1.807, 2.05) is 0 Å². The lowest BCUT2D eigenvalue weighted by Gasteiger charge is -2.21. The average Bonchev–Trinajstić information content (AvgIpc) is 2.77. The number of hydrogen-bond acceptors (Lipinski definition) is 5. The van der Waals surface area contributed by atoms with Gasteiger partial charge < -0.3 is 19.7 Å². The molecule has 0 aliphatic carbocycles. The Bertz CT molecular complexity index is 409. The van der Waals surface area contributed by atoms with E-state index >= 15 is 0 Å². The van der Waals surface area contributed by atoms with Gasteiger partial charge >= 0.3 is 12.1 Å². The average molecular weight is 316 g/mol. The molecule has 1 atom stereocenters. The van der Waals surface area contributed by atoms with Crippen LogP contribution in [0.3, 0.4) is 0 Å². The molecule has 1 saturated heterocycles. The van der Waals surface area contributed by atoms with Crippen molar-refractivity contribution in [2.24, 2.45) is 0 Å². The minimum absolute atomic E-state index is 0. The highest BCUT2D eigenvalue weighted by atomic mass is 16.6. The maximum absolute atomic E-state index is 12.0. The number of ether oxygens (including phenoxy) is 2. The maximum atomic E-state index is 12.0. The van der Waals surface area contributed by atoms with Crippen LogP contribution in [0.1, 0.15) is 35.0 Å². The summed E-state index contributed by atoms with van der Waals surface area (Å²) in [5.74, 6) is -0.555. The minimum Gasteiger partial charge on any atom is -0.469 e.